The summed E-state index contributed by atoms with van der Waals surface area (Å²) in [6.45, 7) is 5.47. The molecule has 0 amide bonds. The van der Waals surface area contributed by atoms with Gasteiger partial charge in [-0.2, -0.15) is 0 Å². The third-order valence-corrected chi connectivity index (χ3v) is 5.15. The molecule has 4 unspecified atom stereocenters. The van der Waals surface area contributed by atoms with Gasteiger partial charge in [0.05, 0.1) is 12.7 Å². The van der Waals surface area contributed by atoms with Crippen molar-refractivity contribution < 1.29 is 4.74 Å². The largest absolute Gasteiger partial charge is 0.375 e. The van der Waals surface area contributed by atoms with Crippen molar-refractivity contribution in [3.8, 4) is 0 Å². The molecule has 0 spiro atoms. The van der Waals surface area contributed by atoms with Crippen LogP contribution in [0.25, 0.3) is 0 Å². The van der Waals surface area contributed by atoms with E-state index in [0.29, 0.717) is 6.10 Å². The zero-order chi connectivity index (χ0) is 12.4. The number of likely N-dealkylation sites (N-methyl/N-ethyl adjacent to an activating group) is 1. The van der Waals surface area contributed by atoms with Crippen molar-refractivity contribution in [1.82, 2.24) is 10.2 Å². The third-order valence-electron chi connectivity index (χ3n) is 5.15. The van der Waals surface area contributed by atoms with E-state index in [9.17, 15) is 0 Å². The molecule has 3 heteroatoms. The van der Waals surface area contributed by atoms with Crippen LogP contribution >= 0.6 is 0 Å². The summed E-state index contributed by atoms with van der Waals surface area (Å²) in [4.78, 5) is 2.81. The van der Waals surface area contributed by atoms with E-state index in [0.717, 1.165) is 37.8 Å². The number of nitrogens with one attached hydrogen (secondary N) is 1. The average molecular weight is 252 g/mol. The Morgan fingerprint density at radius 1 is 1.06 bits per heavy atom. The molecule has 3 nitrogen and oxygen atoms in total. The average Bonchev–Trinajstić information content (AvgIpc) is 2.88. The van der Waals surface area contributed by atoms with Crippen molar-refractivity contribution in [2.75, 3.05) is 19.7 Å². The van der Waals surface area contributed by atoms with E-state index in [4.69, 9.17) is 4.74 Å². The predicted octanol–water partition coefficient (Wildman–Crippen LogP) is 2.16. The fourth-order valence-electron chi connectivity index (χ4n) is 4.38. The Morgan fingerprint density at radius 3 is 2.78 bits per heavy atom. The van der Waals surface area contributed by atoms with E-state index in [1.807, 2.05) is 0 Å². The number of hydrogen-bond donors (Lipinski definition) is 1. The second kappa shape index (κ2) is 5.89. The Kier molecular flexibility index (Phi) is 4.22. The molecule has 1 heterocycles. The van der Waals surface area contributed by atoms with Gasteiger partial charge in [-0.1, -0.05) is 19.8 Å². The molecule has 0 bridgehead atoms. The molecule has 3 fully saturated rings. The lowest BCUT2D eigenvalue weighted by Crippen LogP contribution is -2.59. The smallest absolute Gasteiger partial charge is 0.0731 e. The van der Waals surface area contributed by atoms with E-state index < -0.39 is 0 Å². The van der Waals surface area contributed by atoms with E-state index in [1.165, 1.54) is 44.9 Å². The van der Waals surface area contributed by atoms with Crippen LogP contribution in [0.2, 0.25) is 0 Å². The molecule has 0 aromatic heterocycles. The fourth-order valence-corrected chi connectivity index (χ4v) is 4.38. The molecule has 0 radical (unpaired) electrons. The second-order valence-corrected chi connectivity index (χ2v) is 6.16. The molecule has 2 aliphatic carbocycles. The summed E-state index contributed by atoms with van der Waals surface area (Å²) >= 11 is 0. The molecule has 0 aromatic rings. The summed E-state index contributed by atoms with van der Waals surface area (Å²) in [7, 11) is 0. The van der Waals surface area contributed by atoms with Crippen molar-refractivity contribution >= 4 is 0 Å². The molecular formula is C15H28N2O. The van der Waals surface area contributed by atoms with E-state index in [2.05, 4.69) is 17.1 Å². The van der Waals surface area contributed by atoms with Crippen molar-refractivity contribution in [3.63, 3.8) is 0 Å². The summed E-state index contributed by atoms with van der Waals surface area (Å²) in [5.74, 6) is 0. The standard InChI is InChI=1S/C15H28N2O/c1-2-16-12-6-3-4-7-13(12)17-10-11-18-15-9-5-8-14(15)17/h12-16H,2-11H2,1H3. The summed E-state index contributed by atoms with van der Waals surface area (Å²) in [5.41, 5.74) is 0. The highest BCUT2D eigenvalue weighted by molar-refractivity contribution is 4.97. The van der Waals surface area contributed by atoms with Gasteiger partial charge in [-0.05, 0) is 38.6 Å². The SMILES string of the molecule is CCNC1CCCCC1N1CCOC2CCCC21. The third kappa shape index (κ3) is 2.45. The maximum atomic E-state index is 5.96. The van der Waals surface area contributed by atoms with Crippen LogP contribution in [0, 0.1) is 0 Å². The molecular weight excluding hydrogens is 224 g/mol. The van der Waals surface area contributed by atoms with Crippen molar-refractivity contribution in [1.29, 1.82) is 0 Å². The first-order chi connectivity index (χ1) is 8.90. The Bertz CT molecular complexity index is 269. The zero-order valence-corrected chi connectivity index (χ0v) is 11.7. The molecule has 3 aliphatic rings. The van der Waals surface area contributed by atoms with E-state index in [1.54, 1.807) is 0 Å². The Labute approximate surface area is 111 Å². The van der Waals surface area contributed by atoms with Crippen LogP contribution in [0.4, 0.5) is 0 Å². The van der Waals surface area contributed by atoms with Crippen LogP contribution in [-0.2, 0) is 4.74 Å². The number of morpholine rings is 1. The predicted molar refractivity (Wildman–Crippen MR) is 73.8 cm³/mol. The summed E-state index contributed by atoms with van der Waals surface area (Å²) < 4.78 is 5.96. The van der Waals surface area contributed by atoms with Crippen LogP contribution in [0.1, 0.15) is 51.9 Å². The van der Waals surface area contributed by atoms with Gasteiger partial charge in [-0.25, -0.2) is 0 Å². The number of rotatable bonds is 3. The quantitative estimate of drug-likeness (QED) is 0.833. The van der Waals surface area contributed by atoms with Gasteiger partial charge >= 0.3 is 0 Å². The van der Waals surface area contributed by atoms with Gasteiger partial charge in [0.25, 0.3) is 0 Å². The van der Waals surface area contributed by atoms with E-state index in [-0.39, 0.29) is 0 Å². The minimum Gasteiger partial charge on any atom is -0.375 e. The highest BCUT2D eigenvalue weighted by Crippen LogP contribution is 2.34. The van der Waals surface area contributed by atoms with Gasteiger partial charge < -0.3 is 10.1 Å². The summed E-state index contributed by atoms with van der Waals surface area (Å²) in [6.07, 6.45) is 10.1. The highest BCUT2D eigenvalue weighted by atomic mass is 16.5. The first-order valence-corrected chi connectivity index (χ1v) is 8.01. The van der Waals surface area contributed by atoms with Crippen LogP contribution < -0.4 is 5.32 Å². The fraction of sp³-hybridized carbons (Fsp3) is 1.00. The maximum Gasteiger partial charge on any atom is 0.0731 e. The van der Waals surface area contributed by atoms with Gasteiger partial charge in [0, 0.05) is 24.7 Å². The topological polar surface area (TPSA) is 24.5 Å². The van der Waals surface area contributed by atoms with Crippen molar-refractivity contribution in [2.24, 2.45) is 0 Å². The lowest BCUT2D eigenvalue weighted by Gasteiger charge is -2.47. The first-order valence-electron chi connectivity index (χ1n) is 8.01. The summed E-state index contributed by atoms with van der Waals surface area (Å²) in [6, 6.07) is 2.22. The van der Waals surface area contributed by atoms with Crippen LogP contribution in [0.5, 0.6) is 0 Å². The molecule has 3 rings (SSSR count). The lowest BCUT2D eigenvalue weighted by atomic mass is 9.87. The minimum absolute atomic E-state index is 0.544. The Balaban J connectivity index is 1.70. The number of ether oxygens (including phenoxy) is 1. The molecule has 0 aromatic carbocycles. The normalized spacial score (nSPS) is 41.8. The van der Waals surface area contributed by atoms with Crippen LogP contribution in [-0.4, -0.2) is 48.8 Å². The zero-order valence-electron chi connectivity index (χ0n) is 11.7. The molecule has 2 saturated carbocycles. The van der Waals surface area contributed by atoms with Crippen LogP contribution in [0.15, 0.2) is 0 Å². The monoisotopic (exact) mass is 252 g/mol. The van der Waals surface area contributed by atoms with Crippen molar-refractivity contribution in [2.45, 2.75) is 76.1 Å². The second-order valence-electron chi connectivity index (χ2n) is 6.16. The number of fused-ring (bicyclic) bond motifs is 1. The van der Waals surface area contributed by atoms with Gasteiger partial charge in [0.15, 0.2) is 0 Å². The van der Waals surface area contributed by atoms with Gasteiger partial charge in [0.2, 0.25) is 0 Å². The van der Waals surface area contributed by atoms with E-state index >= 15 is 0 Å². The minimum atomic E-state index is 0.544. The number of nitrogens with zero attached hydrogens (tertiary/aromatic N) is 1. The number of hydrogen-bond acceptors (Lipinski definition) is 3. The summed E-state index contributed by atoms with van der Waals surface area (Å²) in [5, 5.41) is 3.73. The first kappa shape index (κ1) is 12.9. The molecule has 18 heavy (non-hydrogen) atoms. The maximum absolute atomic E-state index is 5.96. The lowest BCUT2D eigenvalue weighted by molar-refractivity contribution is -0.0814. The molecule has 1 saturated heterocycles. The molecule has 1 N–H and O–H groups in total. The van der Waals surface area contributed by atoms with Crippen LogP contribution in [0.3, 0.4) is 0 Å². The van der Waals surface area contributed by atoms with Gasteiger partial charge in [-0.15, -0.1) is 0 Å². The van der Waals surface area contributed by atoms with Gasteiger partial charge in [-0.3, -0.25) is 4.90 Å². The highest BCUT2D eigenvalue weighted by Gasteiger charge is 2.41. The Morgan fingerprint density at radius 2 is 1.89 bits per heavy atom. The molecule has 1 aliphatic heterocycles. The molecule has 104 valence electrons. The molecule has 4 atom stereocenters. The van der Waals surface area contributed by atoms with Crippen molar-refractivity contribution in [3.05, 3.63) is 0 Å². The van der Waals surface area contributed by atoms with Gasteiger partial charge in [0.1, 0.15) is 0 Å². The Hall–Kier alpha value is -0.120.